The summed E-state index contributed by atoms with van der Waals surface area (Å²) < 4.78 is 30.6. The molecule has 1 aromatic carbocycles. The van der Waals surface area contributed by atoms with Crippen molar-refractivity contribution < 1.29 is 28.0 Å². The Morgan fingerprint density at radius 3 is 2.54 bits per heavy atom. The molecule has 0 radical (unpaired) electrons. The molecule has 1 N–H and O–H groups in total. The van der Waals surface area contributed by atoms with E-state index in [2.05, 4.69) is 10.7 Å². The highest BCUT2D eigenvalue weighted by Gasteiger charge is 2.41. The Labute approximate surface area is 139 Å². The minimum atomic E-state index is -4.55. The van der Waals surface area contributed by atoms with E-state index in [1.54, 1.807) is 0 Å². The van der Waals surface area contributed by atoms with E-state index in [-0.39, 0.29) is 0 Å². The molecule has 130 valence electrons. The molecule has 10 heteroatoms. The summed E-state index contributed by atoms with van der Waals surface area (Å²) in [5, 5.41) is 20.9. The fraction of sp³-hybridized carbons (Fsp3) is 0.357. The second-order valence-electron chi connectivity index (χ2n) is 4.69. The van der Waals surface area contributed by atoms with Gasteiger partial charge in [-0.1, -0.05) is 18.1 Å². The zero-order chi connectivity index (χ0) is 18.5. The maximum Gasteiger partial charge on any atom is 0.326 e. The molecule has 1 rings (SSSR count). The van der Waals surface area contributed by atoms with Crippen LogP contribution in [0.1, 0.15) is 6.92 Å². The largest absolute Gasteiger partial charge is 0.468 e. The fourth-order valence-corrected chi connectivity index (χ4v) is 3.77. The first-order chi connectivity index (χ1) is 11.2. The number of methoxy groups -OCH3 is 1. The smallest absolute Gasteiger partial charge is 0.326 e. The summed E-state index contributed by atoms with van der Waals surface area (Å²) in [6.45, 7) is 0.596. The minimum Gasteiger partial charge on any atom is -0.468 e. The van der Waals surface area contributed by atoms with Crippen molar-refractivity contribution in [1.29, 1.82) is 0 Å². The second kappa shape index (κ2) is 7.87. The number of nitrogens with zero attached hydrogens (tertiary/aromatic N) is 2. The van der Waals surface area contributed by atoms with Gasteiger partial charge in [-0.2, -0.15) is 4.31 Å². The van der Waals surface area contributed by atoms with E-state index < -0.39 is 50.2 Å². The lowest BCUT2D eigenvalue weighted by Crippen LogP contribution is -2.51. The van der Waals surface area contributed by atoms with Crippen LogP contribution in [0.5, 0.6) is 0 Å². The van der Waals surface area contributed by atoms with Gasteiger partial charge in [-0.05, 0) is 13.0 Å². The van der Waals surface area contributed by atoms with Gasteiger partial charge in [0.2, 0.25) is 0 Å². The van der Waals surface area contributed by atoms with Crippen LogP contribution in [0, 0.1) is 22.5 Å². The molecular weight excluding hydrogens is 340 g/mol. The number of carbonyl (C=O) groups excluding carboxylic acids is 1. The third-order valence-corrected chi connectivity index (χ3v) is 4.98. The number of esters is 1. The zero-order valence-electron chi connectivity index (χ0n) is 12.9. The van der Waals surface area contributed by atoms with Crippen LogP contribution >= 0.6 is 0 Å². The molecule has 0 aliphatic carbocycles. The average molecular weight is 356 g/mol. The van der Waals surface area contributed by atoms with Crippen molar-refractivity contribution in [3.8, 4) is 12.3 Å². The number of terminal acetylenes is 1. The number of aliphatic hydroxyl groups is 1. The Hall–Kier alpha value is -2.48. The zero-order valence-corrected chi connectivity index (χ0v) is 13.8. The van der Waals surface area contributed by atoms with E-state index in [1.807, 2.05) is 0 Å². The molecule has 0 aromatic heterocycles. The molecule has 2 atom stereocenters. The SMILES string of the molecule is C#CCN([C@@H](C(=O)OC)[C@@H](C)O)S(=O)(=O)c1ccccc1[N+](=O)[O-]. The number of sulfonamides is 1. The van der Waals surface area contributed by atoms with E-state index >= 15 is 0 Å². The second-order valence-corrected chi connectivity index (χ2v) is 6.55. The molecule has 0 aliphatic rings. The summed E-state index contributed by atoms with van der Waals surface area (Å²) in [5.74, 6) is 1.03. The van der Waals surface area contributed by atoms with Crippen molar-refractivity contribution in [2.24, 2.45) is 0 Å². The lowest BCUT2D eigenvalue weighted by atomic mass is 10.2. The monoisotopic (exact) mass is 356 g/mol. The van der Waals surface area contributed by atoms with E-state index in [1.165, 1.54) is 19.1 Å². The van der Waals surface area contributed by atoms with E-state index in [4.69, 9.17) is 6.42 Å². The number of hydrogen-bond acceptors (Lipinski definition) is 7. The third kappa shape index (κ3) is 3.88. The maximum atomic E-state index is 12.8. The molecule has 0 saturated carbocycles. The number of carbonyl (C=O) groups is 1. The summed E-state index contributed by atoms with van der Waals surface area (Å²) >= 11 is 0. The van der Waals surface area contributed by atoms with Crippen molar-refractivity contribution in [1.82, 2.24) is 4.31 Å². The molecule has 1 aromatic rings. The number of rotatable bonds is 7. The van der Waals surface area contributed by atoms with Gasteiger partial charge in [-0.25, -0.2) is 8.42 Å². The summed E-state index contributed by atoms with van der Waals surface area (Å²) in [5.41, 5.74) is -0.672. The highest BCUT2D eigenvalue weighted by molar-refractivity contribution is 7.89. The van der Waals surface area contributed by atoms with E-state index in [9.17, 15) is 28.4 Å². The number of nitro groups is 1. The van der Waals surface area contributed by atoms with Crippen LogP contribution in [0.15, 0.2) is 29.2 Å². The molecule has 0 spiro atoms. The highest BCUT2D eigenvalue weighted by atomic mass is 32.2. The van der Waals surface area contributed by atoms with Crippen LogP contribution in [0.25, 0.3) is 0 Å². The molecule has 0 heterocycles. The number of nitro benzene ring substituents is 1. The first kappa shape index (κ1) is 19.6. The van der Waals surface area contributed by atoms with Crippen LogP contribution in [-0.2, 0) is 19.6 Å². The molecule has 24 heavy (non-hydrogen) atoms. The van der Waals surface area contributed by atoms with Gasteiger partial charge in [0.1, 0.15) is 6.04 Å². The molecule has 0 fully saturated rings. The Bertz CT molecular complexity index is 768. The van der Waals surface area contributed by atoms with Gasteiger partial charge in [0.15, 0.2) is 4.90 Å². The fourth-order valence-electron chi connectivity index (χ4n) is 2.05. The van der Waals surface area contributed by atoms with Crippen molar-refractivity contribution in [3.05, 3.63) is 34.4 Å². The average Bonchev–Trinajstić information content (AvgIpc) is 2.53. The summed E-state index contributed by atoms with van der Waals surface area (Å²) in [7, 11) is -3.53. The van der Waals surface area contributed by atoms with Gasteiger partial charge >= 0.3 is 5.97 Å². The standard InChI is InChI=1S/C14H16N2O7S/c1-4-9-15(13(10(2)17)14(18)23-3)24(21,22)12-8-6-5-7-11(12)16(19)20/h1,5-8,10,13,17H,9H2,2-3H3/t10-,13-/m1/s1. The van der Waals surface area contributed by atoms with Crippen LogP contribution in [0.4, 0.5) is 5.69 Å². The lowest BCUT2D eigenvalue weighted by molar-refractivity contribution is -0.387. The van der Waals surface area contributed by atoms with Gasteiger partial charge < -0.3 is 9.84 Å². The predicted molar refractivity (Wildman–Crippen MR) is 83.3 cm³/mol. The molecule has 0 aliphatic heterocycles. The highest BCUT2D eigenvalue weighted by Crippen LogP contribution is 2.28. The van der Waals surface area contributed by atoms with Gasteiger partial charge in [0, 0.05) is 6.07 Å². The molecule has 9 nitrogen and oxygen atoms in total. The molecule has 0 amide bonds. The molecule has 0 saturated heterocycles. The summed E-state index contributed by atoms with van der Waals surface area (Å²) in [6, 6.07) is 2.98. The predicted octanol–water partition coefficient (Wildman–Crippen LogP) is 0.141. The van der Waals surface area contributed by atoms with E-state index in [0.29, 0.717) is 4.31 Å². The quantitative estimate of drug-likeness (QED) is 0.319. The van der Waals surface area contributed by atoms with Crippen molar-refractivity contribution in [3.63, 3.8) is 0 Å². The summed E-state index contributed by atoms with van der Waals surface area (Å²) in [4.78, 5) is 21.5. The van der Waals surface area contributed by atoms with Gasteiger partial charge in [-0.15, -0.1) is 6.42 Å². The van der Waals surface area contributed by atoms with E-state index in [0.717, 1.165) is 19.2 Å². The Morgan fingerprint density at radius 1 is 1.50 bits per heavy atom. The topological polar surface area (TPSA) is 127 Å². The number of ether oxygens (including phenoxy) is 1. The molecule has 0 unspecified atom stereocenters. The Morgan fingerprint density at radius 2 is 2.08 bits per heavy atom. The third-order valence-electron chi connectivity index (χ3n) is 3.11. The Kier molecular flexibility index (Phi) is 6.42. The first-order valence-corrected chi connectivity index (χ1v) is 8.07. The number of para-hydroxylation sites is 1. The first-order valence-electron chi connectivity index (χ1n) is 6.63. The van der Waals surface area contributed by atoms with Crippen molar-refractivity contribution in [2.75, 3.05) is 13.7 Å². The van der Waals surface area contributed by atoms with Crippen LogP contribution < -0.4 is 0 Å². The van der Waals surface area contributed by atoms with Crippen molar-refractivity contribution in [2.45, 2.75) is 24.0 Å². The number of benzene rings is 1. The lowest BCUT2D eigenvalue weighted by Gasteiger charge is -2.29. The Balaban J connectivity index is 3.57. The maximum absolute atomic E-state index is 12.8. The van der Waals surface area contributed by atoms with Gasteiger partial charge in [0.05, 0.1) is 24.7 Å². The van der Waals surface area contributed by atoms with Crippen LogP contribution in [0.2, 0.25) is 0 Å². The number of aliphatic hydroxyl groups excluding tert-OH is 1. The number of hydrogen-bond donors (Lipinski definition) is 1. The molecule has 0 bridgehead atoms. The summed E-state index contributed by atoms with van der Waals surface area (Å²) in [6.07, 6.45) is 3.70. The van der Waals surface area contributed by atoms with Gasteiger partial charge in [0.25, 0.3) is 15.7 Å². The van der Waals surface area contributed by atoms with Crippen LogP contribution in [0.3, 0.4) is 0 Å². The minimum absolute atomic E-state index is 0.506. The van der Waals surface area contributed by atoms with Gasteiger partial charge in [-0.3, -0.25) is 14.9 Å². The van der Waals surface area contributed by atoms with Crippen LogP contribution in [-0.4, -0.2) is 54.5 Å². The normalized spacial score (nSPS) is 13.8. The molecular formula is C14H16N2O7S. The van der Waals surface area contributed by atoms with Crippen molar-refractivity contribution >= 4 is 21.7 Å².